The SMILES string of the molecule is NCCNCCCNCCN.[Cu+]. The van der Waals surface area contributed by atoms with Gasteiger partial charge in [0.2, 0.25) is 0 Å². The summed E-state index contributed by atoms with van der Waals surface area (Å²) in [6, 6.07) is 0. The molecule has 0 atom stereocenters. The van der Waals surface area contributed by atoms with Gasteiger partial charge in [0.25, 0.3) is 0 Å². The monoisotopic (exact) mass is 223 g/mol. The standard InChI is InChI=1S/C7H20N4.Cu/c8-2-6-10-4-1-5-11-7-3-9;/h10-11H,1-9H2;/q;+1. The summed E-state index contributed by atoms with van der Waals surface area (Å²) in [5.41, 5.74) is 10.6. The van der Waals surface area contributed by atoms with Crippen LogP contribution >= 0.6 is 0 Å². The molecule has 0 aliphatic rings. The first kappa shape index (κ1) is 14.9. The van der Waals surface area contributed by atoms with Crippen LogP contribution in [0.25, 0.3) is 0 Å². The first-order valence-corrected chi connectivity index (χ1v) is 4.23. The van der Waals surface area contributed by atoms with Crippen molar-refractivity contribution in [3.63, 3.8) is 0 Å². The van der Waals surface area contributed by atoms with Gasteiger partial charge in [0.05, 0.1) is 0 Å². The first-order valence-electron chi connectivity index (χ1n) is 4.23. The summed E-state index contributed by atoms with van der Waals surface area (Å²) >= 11 is 0. The summed E-state index contributed by atoms with van der Waals surface area (Å²) in [6.07, 6.45) is 1.14. The summed E-state index contributed by atoms with van der Waals surface area (Å²) in [4.78, 5) is 0. The Bertz CT molecular complexity index is 64.4. The van der Waals surface area contributed by atoms with Gasteiger partial charge in [-0.1, -0.05) is 0 Å². The average molecular weight is 224 g/mol. The molecule has 0 aliphatic carbocycles. The fourth-order valence-electron chi connectivity index (χ4n) is 0.793. The first-order chi connectivity index (χ1) is 5.41. The van der Waals surface area contributed by atoms with Gasteiger partial charge in [0, 0.05) is 26.2 Å². The van der Waals surface area contributed by atoms with E-state index in [1.807, 2.05) is 0 Å². The third-order valence-corrected chi connectivity index (χ3v) is 1.35. The molecule has 4 nitrogen and oxygen atoms in total. The van der Waals surface area contributed by atoms with Crippen molar-refractivity contribution in [3.8, 4) is 0 Å². The van der Waals surface area contributed by atoms with E-state index >= 15 is 0 Å². The van der Waals surface area contributed by atoms with Crippen LogP contribution in [0.3, 0.4) is 0 Å². The molecule has 0 aromatic heterocycles. The molecule has 6 N–H and O–H groups in total. The van der Waals surface area contributed by atoms with Crippen LogP contribution < -0.4 is 22.1 Å². The van der Waals surface area contributed by atoms with Crippen LogP contribution in [0.5, 0.6) is 0 Å². The molecule has 5 heteroatoms. The molecule has 0 amide bonds. The van der Waals surface area contributed by atoms with Gasteiger partial charge in [-0.3, -0.25) is 0 Å². The fraction of sp³-hybridized carbons (Fsp3) is 1.00. The molecule has 12 heavy (non-hydrogen) atoms. The van der Waals surface area contributed by atoms with Crippen LogP contribution in [-0.2, 0) is 17.1 Å². The number of nitrogens with two attached hydrogens (primary N) is 2. The van der Waals surface area contributed by atoms with E-state index in [0.717, 1.165) is 45.7 Å². The average Bonchev–Trinajstić information content (AvgIpc) is 2.03. The van der Waals surface area contributed by atoms with Crippen molar-refractivity contribution in [3.05, 3.63) is 0 Å². The second kappa shape index (κ2) is 13.9. The van der Waals surface area contributed by atoms with E-state index in [4.69, 9.17) is 11.5 Å². The summed E-state index contributed by atoms with van der Waals surface area (Å²) in [6.45, 7) is 5.34. The smallest absolute Gasteiger partial charge is 0.329 e. The van der Waals surface area contributed by atoms with Crippen molar-refractivity contribution < 1.29 is 17.1 Å². The van der Waals surface area contributed by atoms with Crippen LogP contribution in [0.1, 0.15) is 6.42 Å². The van der Waals surface area contributed by atoms with Gasteiger partial charge in [0.1, 0.15) is 0 Å². The van der Waals surface area contributed by atoms with Crippen LogP contribution in [-0.4, -0.2) is 39.3 Å². The number of rotatable bonds is 8. The minimum Gasteiger partial charge on any atom is -0.329 e. The minimum absolute atomic E-state index is 0. The summed E-state index contributed by atoms with van der Waals surface area (Å²) in [5, 5.41) is 6.43. The Hall–Kier alpha value is 0.359. The molecule has 0 aliphatic heterocycles. The molecule has 0 radical (unpaired) electrons. The van der Waals surface area contributed by atoms with Crippen molar-refractivity contribution in [2.24, 2.45) is 11.5 Å². The molecular weight excluding hydrogens is 204 g/mol. The Morgan fingerprint density at radius 3 is 1.50 bits per heavy atom. The minimum atomic E-state index is 0. The van der Waals surface area contributed by atoms with Crippen molar-refractivity contribution in [2.75, 3.05) is 39.3 Å². The van der Waals surface area contributed by atoms with Gasteiger partial charge >= 0.3 is 17.1 Å². The van der Waals surface area contributed by atoms with Gasteiger partial charge < -0.3 is 22.1 Å². The second-order valence-electron chi connectivity index (χ2n) is 2.43. The van der Waals surface area contributed by atoms with Crippen molar-refractivity contribution in [1.82, 2.24) is 10.6 Å². The molecule has 0 bridgehead atoms. The number of hydrogen-bond donors (Lipinski definition) is 4. The zero-order valence-corrected chi connectivity index (χ0v) is 8.35. The molecule has 0 unspecified atom stereocenters. The maximum atomic E-state index is 5.30. The molecule has 0 rings (SSSR count). The fourth-order valence-corrected chi connectivity index (χ4v) is 0.793. The maximum Gasteiger partial charge on any atom is 1.00 e. The molecule has 0 spiro atoms. The quantitative estimate of drug-likeness (QED) is 0.298. The van der Waals surface area contributed by atoms with E-state index in [9.17, 15) is 0 Å². The van der Waals surface area contributed by atoms with Crippen molar-refractivity contribution >= 4 is 0 Å². The largest absolute Gasteiger partial charge is 1.00 e. The van der Waals surface area contributed by atoms with Gasteiger partial charge in [-0.2, -0.15) is 0 Å². The molecule has 0 saturated carbocycles. The van der Waals surface area contributed by atoms with E-state index in [-0.39, 0.29) is 17.1 Å². The Morgan fingerprint density at radius 1 is 0.750 bits per heavy atom. The van der Waals surface area contributed by atoms with Crippen LogP contribution in [0, 0.1) is 0 Å². The van der Waals surface area contributed by atoms with E-state index in [2.05, 4.69) is 10.6 Å². The molecule has 0 aromatic rings. The molecule has 0 saturated heterocycles. The predicted molar refractivity (Wildman–Crippen MR) is 48.5 cm³/mol. The van der Waals surface area contributed by atoms with Crippen LogP contribution in [0.15, 0.2) is 0 Å². The topological polar surface area (TPSA) is 76.1 Å². The van der Waals surface area contributed by atoms with E-state index in [1.165, 1.54) is 0 Å². The van der Waals surface area contributed by atoms with E-state index in [1.54, 1.807) is 0 Å². The van der Waals surface area contributed by atoms with Gasteiger partial charge in [-0.15, -0.1) is 0 Å². The second-order valence-corrected chi connectivity index (χ2v) is 2.43. The van der Waals surface area contributed by atoms with E-state index < -0.39 is 0 Å². The Kier molecular flexibility index (Phi) is 17.2. The van der Waals surface area contributed by atoms with Gasteiger partial charge in [-0.25, -0.2) is 0 Å². The number of nitrogens with one attached hydrogen (secondary N) is 2. The summed E-state index contributed by atoms with van der Waals surface area (Å²) in [7, 11) is 0. The van der Waals surface area contributed by atoms with Crippen LogP contribution in [0.4, 0.5) is 0 Å². The summed E-state index contributed by atoms with van der Waals surface area (Å²) in [5.74, 6) is 0. The summed E-state index contributed by atoms with van der Waals surface area (Å²) < 4.78 is 0. The third kappa shape index (κ3) is 13.0. The third-order valence-electron chi connectivity index (χ3n) is 1.35. The van der Waals surface area contributed by atoms with Crippen molar-refractivity contribution in [1.29, 1.82) is 0 Å². The molecule has 0 aromatic carbocycles. The van der Waals surface area contributed by atoms with E-state index in [0.29, 0.717) is 0 Å². The molecule has 0 fully saturated rings. The van der Waals surface area contributed by atoms with Gasteiger partial charge in [-0.05, 0) is 19.5 Å². The Balaban J connectivity index is 0. The van der Waals surface area contributed by atoms with Crippen LogP contribution in [0.2, 0.25) is 0 Å². The molecule has 78 valence electrons. The number of hydrogen-bond acceptors (Lipinski definition) is 4. The zero-order chi connectivity index (χ0) is 8.36. The molecule has 0 heterocycles. The van der Waals surface area contributed by atoms with Gasteiger partial charge in [0.15, 0.2) is 0 Å². The predicted octanol–water partition coefficient (Wildman–Crippen LogP) is -1.53. The Morgan fingerprint density at radius 2 is 1.17 bits per heavy atom. The Labute approximate surface area is 85.3 Å². The van der Waals surface area contributed by atoms with Crippen molar-refractivity contribution in [2.45, 2.75) is 6.42 Å². The maximum absolute atomic E-state index is 5.30. The molecular formula is C7H20CuN4+. The zero-order valence-electron chi connectivity index (χ0n) is 7.41. The normalized spacial score (nSPS) is 9.50.